The standard InChI is InChI=1S/C23H28F3N5O3/c1-21(2,3)17(30-20(34)23(24,25)26)19(33)31-11-13-15(22(13,4)5)16(31)18(32)29-14(9-27)12-7-6-8-28-10-12/h6-8,10,13-17H,11H2,1-5H3,(H,29,32)(H,30,34)/t13-,14?,15-,16-,17?/m0/s1. The van der Waals surface area contributed by atoms with Crippen LogP contribution in [0.2, 0.25) is 0 Å². The molecule has 11 heteroatoms. The van der Waals surface area contributed by atoms with E-state index in [0.29, 0.717) is 5.56 Å². The normalized spacial score (nSPS) is 24.9. The highest BCUT2D eigenvalue weighted by atomic mass is 19.4. The smallest absolute Gasteiger partial charge is 0.336 e. The third-order valence-corrected chi connectivity index (χ3v) is 6.84. The first kappa shape index (κ1) is 25.5. The van der Waals surface area contributed by atoms with Gasteiger partial charge in [0.25, 0.3) is 0 Å². The highest BCUT2D eigenvalue weighted by Gasteiger charge is 2.70. The summed E-state index contributed by atoms with van der Waals surface area (Å²) in [5, 5.41) is 14.0. The fourth-order valence-corrected chi connectivity index (χ4v) is 4.81. The predicted octanol–water partition coefficient (Wildman–Crippen LogP) is 2.34. The lowest BCUT2D eigenvalue weighted by Crippen LogP contribution is -2.60. The number of hydrogen-bond acceptors (Lipinski definition) is 5. The Balaban J connectivity index is 1.87. The van der Waals surface area contributed by atoms with Crippen LogP contribution in [0, 0.1) is 34.0 Å². The van der Waals surface area contributed by atoms with Gasteiger partial charge in [0, 0.05) is 24.5 Å². The van der Waals surface area contributed by atoms with Crippen molar-refractivity contribution in [2.24, 2.45) is 22.7 Å². The van der Waals surface area contributed by atoms with Crippen molar-refractivity contribution in [1.29, 1.82) is 5.26 Å². The van der Waals surface area contributed by atoms with E-state index in [-0.39, 0.29) is 23.8 Å². The van der Waals surface area contributed by atoms with E-state index < -0.39 is 47.4 Å². The molecule has 1 aromatic heterocycles. The Labute approximate surface area is 195 Å². The number of likely N-dealkylation sites (tertiary alicyclic amines) is 1. The second-order valence-electron chi connectivity index (χ2n) is 10.5. The quantitative estimate of drug-likeness (QED) is 0.673. The van der Waals surface area contributed by atoms with Crippen LogP contribution in [0.15, 0.2) is 24.5 Å². The lowest BCUT2D eigenvalue weighted by molar-refractivity contribution is -0.176. The Hall–Kier alpha value is -3.16. The average molecular weight is 480 g/mol. The van der Waals surface area contributed by atoms with Gasteiger partial charge in [-0.2, -0.15) is 18.4 Å². The molecule has 0 aromatic carbocycles. The van der Waals surface area contributed by atoms with Crippen molar-refractivity contribution in [2.75, 3.05) is 6.54 Å². The lowest BCUT2D eigenvalue weighted by Gasteiger charge is -2.37. The molecule has 8 nitrogen and oxygen atoms in total. The maximum absolute atomic E-state index is 13.5. The van der Waals surface area contributed by atoms with E-state index in [1.165, 1.54) is 38.1 Å². The fraction of sp³-hybridized carbons (Fsp3) is 0.609. The summed E-state index contributed by atoms with van der Waals surface area (Å²) >= 11 is 0. The van der Waals surface area contributed by atoms with E-state index in [1.807, 2.05) is 25.2 Å². The number of nitriles is 1. The lowest BCUT2D eigenvalue weighted by atomic mass is 9.85. The van der Waals surface area contributed by atoms with Gasteiger partial charge in [-0.05, 0) is 28.7 Å². The Morgan fingerprint density at radius 2 is 1.88 bits per heavy atom. The van der Waals surface area contributed by atoms with Crippen LogP contribution in [0.5, 0.6) is 0 Å². The van der Waals surface area contributed by atoms with Crippen molar-refractivity contribution in [2.45, 2.75) is 58.9 Å². The van der Waals surface area contributed by atoms with E-state index in [1.54, 1.807) is 12.1 Å². The summed E-state index contributed by atoms with van der Waals surface area (Å²) in [4.78, 5) is 43.6. The van der Waals surface area contributed by atoms with Crippen LogP contribution in [0.3, 0.4) is 0 Å². The van der Waals surface area contributed by atoms with Crippen molar-refractivity contribution < 1.29 is 27.6 Å². The highest BCUT2D eigenvalue weighted by Crippen LogP contribution is 2.65. The molecule has 0 radical (unpaired) electrons. The van der Waals surface area contributed by atoms with Gasteiger partial charge in [-0.15, -0.1) is 0 Å². The molecule has 2 heterocycles. The number of carbonyl (C=O) groups excluding carboxylic acids is 3. The number of halogens is 3. The second-order valence-corrected chi connectivity index (χ2v) is 10.5. The van der Waals surface area contributed by atoms with E-state index in [4.69, 9.17) is 0 Å². The van der Waals surface area contributed by atoms with Crippen molar-refractivity contribution in [3.8, 4) is 6.07 Å². The first-order valence-corrected chi connectivity index (χ1v) is 10.9. The Bertz CT molecular complexity index is 1010. The van der Waals surface area contributed by atoms with Crippen LogP contribution in [-0.4, -0.2) is 52.4 Å². The van der Waals surface area contributed by atoms with E-state index in [9.17, 15) is 32.8 Å². The highest BCUT2D eigenvalue weighted by molar-refractivity contribution is 5.95. The molecule has 1 aromatic rings. The van der Waals surface area contributed by atoms with E-state index in [2.05, 4.69) is 10.3 Å². The number of amides is 3. The largest absolute Gasteiger partial charge is 0.471 e. The van der Waals surface area contributed by atoms with Gasteiger partial charge in [0.2, 0.25) is 11.8 Å². The molecule has 2 unspecified atom stereocenters. The number of carbonyl (C=O) groups is 3. The first-order chi connectivity index (χ1) is 15.6. The number of pyridine rings is 1. The zero-order valence-corrected chi connectivity index (χ0v) is 19.6. The minimum Gasteiger partial charge on any atom is -0.336 e. The maximum Gasteiger partial charge on any atom is 0.471 e. The van der Waals surface area contributed by atoms with Gasteiger partial charge in [0.15, 0.2) is 0 Å². The zero-order valence-electron chi connectivity index (χ0n) is 19.6. The minimum atomic E-state index is -5.15. The van der Waals surface area contributed by atoms with E-state index in [0.717, 1.165) is 0 Å². The summed E-state index contributed by atoms with van der Waals surface area (Å²) in [6.45, 7) is 8.70. The molecule has 34 heavy (non-hydrogen) atoms. The predicted molar refractivity (Wildman–Crippen MR) is 114 cm³/mol. The molecule has 1 aliphatic carbocycles. The summed E-state index contributed by atoms with van der Waals surface area (Å²) in [6.07, 6.45) is -2.19. The molecular weight excluding hydrogens is 451 g/mol. The first-order valence-electron chi connectivity index (χ1n) is 10.9. The molecule has 184 valence electrons. The molecule has 3 rings (SSSR count). The summed E-state index contributed by atoms with van der Waals surface area (Å²) in [7, 11) is 0. The molecule has 2 N–H and O–H groups in total. The summed E-state index contributed by atoms with van der Waals surface area (Å²) in [6, 6.07) is 1.76. The monoisotopic (exact) mass is 479 g/mol. The van der Waals surface area contributed by atoms with Gasteiger partial charge in [0.1, 0.15) is 18.1 Å². The van der Waals surface area contributed by atoms with Crippen molar-refractivity contribution in [3.63, 3.8) is 0 Å². The van der Waals surface area contributed by atoms with Gasteiger partial charge in [-0.25, -0.2) is 0 Å². The Morgan fingerprint density at radius 1 is 1.24 bits per heavy atom. The zero-order chi connectivity index (χ0) is 25.6. The number of fused-ring (bicyclic) bond motifs is 1. The SMILES string of the molecule is CC(C)(C)C(NC(=O)C(F)(F)F)C(=O)N1C[C@H]2[C@@H]([C@H]1C(=O)NC(C#N)c1cccnc1)C2(C)C. The minimum absolute atomic E-state index is 0.0231. The summed E-state index contributed by atoms with van der Waals surface area (Å²) in [5.41, 5.74) is -0.834. The van der Waals surface area contributed by atoms with Gasteiger partial charge in [-0.3, -0.25) is 19.4 Å². The van der Waals surface area contributed by atoms with Crippen LogP contribution >= 0.6 is 0 Å². The van der Waals surface area contributed by atoms with Crippen molar-refractivity contribution >= 4 is 17.7 Å². The third kappa shape index (κ3) is 4.72. The van der Waals surface area contributed by atoms with Crippen LogP contribution in [0.4, 0.5) is 13.2 Å². The molecule has 0 bridgehead atoms. The van der Waals surface area contributed by atoms with Crippen molar-refractivity contribution in [3.05, 3.63) is 30.1 Å². The molecule has 1 aliphatic heterocycles. The molecule has 3 amide bonds. The molecule has 5 atom stereocenters. The fourth-order valence-electron chi connectivity index (χ4n) is 4.81. The number of rotatable bonds is 5. The molecule has 1 saturated heterocycles. The number of alkyl halides is 3. The molecule has 2 fully saturated rings. The van der Waals surface area contributed by atoms with Crippen molar-refractivity contribution in [1.82, 2.24) is 20.5 Å². The maximum atomic E-state index is 13.5. The van der Waals surface area contributed by atoms with Crippen LogP contribution in [0.1, 0.15) is 46.2 Å². The molecular formula is C23H28F3N5O3. The van der Waals surface area contributed by atoms with Gasteiger partial charge >= 0.3 is 12.1 Å². The number of aromatic nitrogens is 1. The third-order valence-electron chi connectivity index (χ3n) is 6.84. The molecule has 2 aliphatic rings. The average Bonchev–Trinajstić information content (AvgIpc) is 3.09. The number of nitrogens with zero attached hydrogens (tertiary/aromatic N) is 3. The van der Waals surface area contributed by atoms with Gasteiger partial charge in [0.05, 0.1) is 6.07 Å². The van der Waals surface area contributed by atoms with E-state index >= 15 is 0 Å². The van der Waals surface area contributed by atoms with Crippen LogP contribution < -0.4 is 10.6 Å². The molecule has 0 spiro atoms. The summed E-state index contributed by atoms with van der Waals surface area (Å²) < 4.78 is 38.8. The molecule has 1 saturated carbocycles. The second kappa shape index (κ2) is 8.56. The Kier molecular flexibility index (Phi) is 6.41. The Morgan fingerprint density at radius 3 is 2.38 bits per heavy atom. The number of nitrogens with one attached hydrogen (secondary N) is 2. The topological polar surface area (TPSA) is 115 Å². The van der Waals surface area contributed by atoms with Gasteiger partial charge in [-0.1, -0.05) is 40.7 Å². The number of piperidine rings is 1. The van der Waals surface area contributed by atoms with Gasteiger partial charge < -0.3 is 15.5 Å². The van der Waals surface area contributed by atoms with Crippen LogP contribution in [0.25, 0.3) is 0 Å². The number of hydrogen-bond donors (Lipinski definition) is 2. The van der Waals surface area contributed by atoms with Crippen LogP contribution in [-0.2, 0) is 14.4 Å². The summed E-state index contributed by atoms with van der Waals surface area (Å²) in [5.74, 6) is -3.79.